The topological polar surface area (TPSA) is 62.5 Å². The van der Waals surface area contributed by atoms with Crippen molar-refractivity contribution in [1.82, 2.24) is 9.47 Å². The number of para-hydroxylation sites is 1. The van der Waals surface area contributed by atoms with E-state index >= 15 is 0 Å². The molecule has 0 spiro atoms. The van der Waals surface area contributed by atoms with Gasteiger partial charge in [-0.2, -0.15) is 0 Å². The first-order chi connectivity index (χ1) is 17.9. The smallest absolute Gasteiger partial charge is 0.295 e. The van der Waals surface area contributed by atoms with Crippen LogP contribution in [0.4, 0.5) is 4.39 Å². The molecule has 0 saturated carbocycles. The quantitative estimate of drug-likeness (QED) is 0.221. The molecule has 1 saturated heterocycles. The summed E-state index contributed by atoms with van der Waals surface area (Å²) in [6.45, 7) is 0.111. The number of benzene rings is 3. The third-order valence-electron chi connectivity index (χ3n) is 7.65. The molecule has 1 fully saturated rings. The molecule has 6 rings (SSSR count). The maximum atomic E-state index is 13.6. The standard InChI is InChI=1S/C31H27FN2O3/c1-33-18-25(24-8-4-5-9-26(24)33)28-27(29(35)22-13-12-20-6-2-3-7-21(20)16-22)30(36)31(37)34(28)17-19-10-14-23(32)15-11-19/h4-5,8-16,18,28,35H,2-3,6-7,17H2,1H3/b29-27+. The molecular formula is C31H27FN2O3. The Kier molecular flexibility index (Phi) is 5.67. The van der Waals surface area contributed by atoms with E-state index in [4.69, 9.17) is 0 Å². The molecule has 2 aliphatic rings. The van der Waals surface area contributed by atoms with Crippen molar-refractivity contribution >= 4 is 28.4 Å². The lowest BCUT2D eigenvalue weighted by atomic mass is 9.88. The van der Waals surface area contributed by atoms with E-state index in [1.54, 1.807) is 12.1 Å². The molecule has 1 amide bonds. The molecule has 3 aromatic carbocycles. The number of amides is 1. The second-order valence-electron chi connectivity index (χ2n) is 9.96. The highest BCUT2D eigenvalue weighted by molar-refractivity contribution is 6.46. The second-order valence-corrected chi connectivity index (χ2v) is 9.96. The molecule has 6 heteroatoms. The number of hydrogen-bond donors (Lipinski definition) is 1. The van der Waals surface area contributed by atoms with Crippen LogP contribution in [0.15, 0.2) is 78.5 Å². The molecule has 1 aliphatic carbocycles. The minimum Gasteiger partial charge on any atom is -0.507 e. The van der Waals surface area contributed by atoms with Crippen molar-refractivity contribution in [2.75, 3.05) is 0 Å². The van der Waals surface area contributed by atoms with Gasteiger partial charge in [0.15, 0.2) is 0 Å². The molecule has 2 heterocycles. The first-order valence-electron chi connectivity index (χ1n) is 12.6. The fourth-order valence-electron chi connectivity index (χ4n) is 5.78. The molecule has 4 aromatic rings. The van der Waals surface area contributed by atoms with Gasteiger partial charge in [0.05, 0.1) is 11.6 Å². The molecule has 0 radical (unpaired) electrons. The van der Waals surface area contributed by atoms with Gasteiger partial charge >= 0.3 is 0 Å². The minimum atomic E-state index is -0.785. The number of halogens is 1. The normalized spacial score (nSPS) is 19.0. The molecule has 186 valence electrons. The van der Waals surface area contributed by atoms with Gasteiger partial charge in [0, 0.05) is 41.8 Å². The van der Waals surface area contributed by atoms with Crippen LogP contribution in [0.25, 0.3) is 16.7 Å². The molecule has 1 aliphatic heterocycles. The lowest BCUT2D eigenvalue weighted by molar-refractivity contribution is -0.140. The van der Waals surface area contributed by atoms with Crippen molar-refractivity contribution < 1.29 is 19.1 Å². The summed E-state index contributed by atoms with van der Waals surface area (Å²) < 4.78 is 15.5. The minimum absolute atomic E-state index is 0.0826. The van der Waals surface area contributed by atoms with Crippen LogP contribution in [-0.2, 0) is 36.0 Å². The zero-order chi connectivity index (χ0) is 25.7. The van der Waals surface area contributed by atoms with E-state index in [1.165, 1.54) is 28.2 Å². The highest BCUT2D eigenvalue weighted by Crippen LogP contribution is 2.43. The number of aliphatic hydroxyl groups excluding tert-OH is 1. The SMILES string of the molecule is Cn1cc(C2/C(=C(\O)c3ccc4c(c3)CCCC4)C(=O)C(=O)N2Cc2ccc(F)cc2)c2ccccc21. The summed E-state index contributed by atoms with van der Waals surface area (Å²) in [5.74, 6) is -1.92. The number of Topliss-reactive ketones (excluding diaryl/α,β-unsaturated/α-hetero) is 1. The summed E-state index contributed by atoms with van der Waals surface area (Å²) in [7, 11) is 1.92. The first kappa shape index (κ1) is 23.2. The van der Waals surface area contributed by atoms with Gasteiger partial charge in [-0.1, -0.05) is 42.5 Å². The molecular weight excluding hydrogens is 467 g/mol. The van der Waals surface area contributed by atoms with E-state index in [0.29, 0.717) is 11.1 Å². The van der Waals surface area contributed by atoms with Gasteiger partial charge in [-0.3, -0.25) is 9.59 Å². The fourth-order valence-corrected chi connectivity index (χ4v) is 5.78. The van der Waals surface area contributed by atoms with Gasteiger partial charge in [-0.05, 0) is 66.6 Å². The van der Waals surface area contributed by atoms with Crippen LogP contribution >= 0.6 is 0 Å². The summed E-state index contributed by atoms with van der Waals surface area (Å²) in [5.41, 5.74) is 5.49. The van der Waals surface area contributed by atoms with Crippen molar-refractivity contribution in [3.63, 3.8) is 0 Å². The van der Waals surface area contributed by atoms with Gasteiger partial charge in [0.1, 0.15) is 11.6 Å². The van der Waals surface area contributed by atoms with Crippen LogP contribution in [0.3, 0.4) is 0 Å². The van der Waals surface area contributed by atoms with E-state index in [1.807, 2.05) is 60.3 Å². The predicted octanol–water partition coefficient (Wildman–Crippen LogP) is 5.82. The van der Waals surface area contributed by atoms with Crippen LogP contribution < -0.4 is 0 Å². The number of fused-ring (bicyclic) bond motifs is 2. The highest BCUT2D eigenvalue weighted by Gasteiger charge is 2.47. The Hall–Kier alpha value is -4.19. The van der Waals surface area contributed by atoms with E-state index in [0.717, 1.165) is 42.1 Å². The Balaban J connectivity index is 1.53. The molecule has 1 unspecified atom stereocenters. The van der Waals surface area contributed by atoms with Crippen LogP contribution in [-0.4, -0.2) is 26.3 Å². The number of rotatable bonds is 4. The summed E-state index contributed by atoms with van der Waals surface area (Å²) in [4.78, 5) is 28.4. The van der Waals surface area contributed by atoms with Crippen molar-refractivity contribution in [1.29, 1.82) is 0 Å². The number of carbonyl (C=O) groups is 2. The number of hydrogen-bond acceptors (Lipinski definition) is 3. The van der Waals surface area contributed by atoms with Gasteiger partial charge in [0.2, 0.25) is 0 Å². The molecule has 1 N–H and O–H groups in total. The second kappa shape index (κ2) is 9.04. The Bertz CT molecular complexity index is 1580. The number of ketones is 1. The van der Waals surface area contributed by atoms with Crippen LogP contribution in [0.5, 0.6) is 0 Å². The van der Waals surface area contributed by atoms with Crippen molar-refractivity contribution in [3.8, 4) is 0 Å². The van der Waals surface area contributed by atoms with E-state index < -0.39 is 17.7 Å². The van der Waals surface area contributed by atoms with Gasteiger partial charge in [0.25, 0.3) is 11.7 Å². The Morgan fingerprint density at radius 3 is 2.49 bits per heavy atom. The zero-order valence-electron chi connectivity index (χ0n) is 20.6. The number of aryl methyl sites for hydroxylation is 3. The van der Waals surface area contributed by atoms with Crippen LogP contribution in [0.2, 0.25) is 0 Å². The lowest BCUT2D eigenvalue weighted by Gasteiger charge is -2.25. The maximum absolute atomic E-state index is 13.6. The summed E-state index contributed by atoms with van der Waals surface area (Å²) in [6, 6.07) is 18.7. The third-order valence-corrected chi connectivity index (χ3v) is 7.65. The zero-order valence-corrected chi connectivity index (χ0v) is 20.6. The molecule has 37 heavy (non-hydrogen) atoms. The van der Waals surface area contributed by atoms with Crippen molar-refractivity contribution in [2.45, 2.75) is 38.3 Å². The fraction of sp³-hybridized carbons (Fsp3) is 0.226. The summed E-state index contributed by atoms with van der Waals surface area (Å²) in [6.07, 6.45) is 6.10. The largest absolute Gasteiger partial charge is 0.507 e. The average molecular weight is 495 g/mol. The Morgan fingerprint density at radius 1 is 0.973 bits per heavy atom. The Labute approximate surface area is 214 Å². The monoisotopic (exact) mass is 494 g/mol. The number of likely N-dealkylation sites (tertiary alicyclic amines) is 1. The van der Waals surface area contributed by atoms with E-state index in [9.17, 15) is 19.1 Å². The Morgan fingerprint density at radius 2 is 1.70 bits per heavy atom. The summed E-state index contributed by atoms with van der Waals surface area (Å²) >= 11 is 0. The van der Waals surface area contributed by atoms with E-state index in [2.05, 4.69) is 0 Å². The van der Waals surface area contributed by atoms with Gasteiger partial charge in [-0.15, -0.1) is 0 Å². The molecule has 1 atom stereocenters. The lowest BCUT2D eigenvalue weighted by Crippen LogP contribution is -2.29. The van der Waals surface area contributed by atoms with Crippen LogP contribution in [0.1, 0.15) is 46.7 Å². The number of nitrogens with zero attached hydrogens (tertiary/aromatic N) is 2. The third kappa shape index (κ3) is 3.93. The van der Waals surface area contributed by atoms with Crippen molar-refractivity contribution in [2.24, 2.45) is 7.05 Å². The average Bonchev–Trinajstić information content (AvgIpc) is 3.38. The molecule has 0 bridgehead atoms. The molecule has 5 nitrogen and oxygen atoms in total. The van der Waals surface area contributed by atoms with Crippen molar-refractivity contribution in [3.05, 3.63) is 112 Å². The molecule has 1 aromatic heterocycles. The van der Waals surface area contributed by atoms with Crippen LogP contribution in [0, 0.1) is 5.82 Å². The summed E-state index contributed by atoms with van der Waals surface area (Å²) in [5, 5.41) is 12.5. The number of aliphatic hydroxyl groups is 1. The highest BCUT2D eigenvalue weighted by atomic mass is 19.1. The number of carbonyl (C=O) groups excluding carboxylic acids is 2. The maximum Gasteiger partial charge on any atom is 0.295 e. The van der Waals surface area contributed by atoms with Gasteiger partial charge < -0.3 is 14.6 Å². The number of aromatic nitrogens is 1. The van der Waals surface area contributed by atoms with E-state index in [-0.39, 0.29) is 23.7 Å². The first-order valence-corrected chi connectivity index (χ1v) is 12.6. The van der Waals surface area contributed by atoms with Gasteiger partial charge in [-0.25, -0.2) is 4.39 Å². The predicted molar refractivity (Wildman–Crippen MR) is 140 cm³/mol.